The number of amides is 1. The van der Waals surface area contributed by atoms with Crippen LogP contribution >= 0.6 is 0 Å². The zero-order chi connectivity index (χ0) is 31.5. The van der Waals surface area contributed by atoms with Gasteiger partial charge in [-0.15, -0.1) is 0 Å². The van der Waals surface area contributed by atoms with Crippen molar-refractivity contribution in [3.63, 3.8) is 0 Å². The first-order valence-corrected chi connectivity index (χ1v) is 16.3. The predicted molar refractivity (Wildman–Crippen MR) is 182 cm³/mol. The van der Waals surface area contributed by atoms with E-state index < -0.39 is 0 Å². The molecule has 0 radical (unpaired) electrons. The maximum Gasteiger partial charge on any atom is 0.250 e. The van der Waals surface area contributed by atoms with E-state index in [4.69, 9.17) is 9.47 Å². The number of hydrogen-bond donors (Lipinski definition) is 3. The van der Waals surface area contributed by atoms with Crippen LogP contribution in [0.4, 0.5) is 17.1 Å². The molecule has 2 fully saturated rings. The second-order valence-electron chi connectivity index (χ2n) is 12.5. The lowest BCUT2D eigenvalue weighted by Gasteiger charge is -2.33. The number of benzene rings is 3. The molecule has 2 saturated heterocycles. The number of carbonyl (C=O) groups is 1. The molecule has 0 unspecified atom stereocenters. The van der Waals surface area contributed by atoms with Gasteiger partial charge < -0.3 is 34.9 Å². The molecule has 4 aromatic rings. The van der Waals surface area contributed by atoms with Crippen molar-refractivity contribution in [2.75, 3.05) is 61.5 Å². The number of ether oxygens (including phenoxy) is 2. The van der Waals surface area contributed by atoms with Gasteiger partial charge in [0, 0.05) is 86.4 Å². The van der Waals surface area contributed by atoms with Crippen molar-refractivity contribution in [1.82, 2.24) is 9.88 Å². The first-order chi connectivity index (χ1) is 22.5. The molecule has 3 aliphatic heterocycles. The highest BCUT2D eigenvalue weighted by Crippen LogP contribution is 2.43. The zero-order valence-electron chi connectivity index (χ0n) is 26.3. The van der Waals surface area contributed by atoms with Crippen LogP contribution in [-0.4, -0.2) is 67.8 Å². The maximum absolute atomic E-state index is 12.7. The molecular weight excluding hydrogens is 578 g/mol. The van der Waals surface area contributed by atoms with E-state index >= 15 is 0 Å². The summed E-state index contributed by atoms with van der Waals surface area (Å²) in [5.74, 6) is 1.62. The number of hydrogen-bond acceptors (Lipinski definition) is 7. The number of carbonyl (C=O) groups excluding carboxylic acids is 1. The first kappa shape index (κ1) is 30.1. The SMILES string of the molecule is CC(=O)Nc1ccc(CCN2CCC(Nc3ccc4c(c3)Cc3cccc(-c5cc(N6CCOCC6)cc(=O)[nH]5)c3O4)CC2)cc1. The van der Waals surface area contributed by atoms with Crippen LogP contribution in [-0.2, 0) is 22.4 Å². The van der Waals surface area contributed by atoms with Gasteiger partial charge in [0.05, 0.1) is 18.9 Å². The van der Waals surface area contributed by atoms with Gasteiger partial charge in [0.1, 0.15) is 11.5 Å². The van der Waals surface area contributed by atoms with E-state index in [0.29, 0.717) is 19.3 Å². The molecule has 9 nitrogen and oxygen atoms in total. The number of pyridine rings is 1. The standard InChI is InChI=1S/C37H41N5O4/c1-25(43)38-29-7-5-26(6-8-29)11-14-41-15-12-30(13-16-41)39-31-9-10-35-28(22-31)21-27-3-2-4-33(37(27)46-35)34-23-32(24-36(44)40-34)42-17-19-45-20-18-42/h2-10,22-24,30,39H,11-21H2,1H3,(H,38,43)(H,40,44). The first-order valence-electron chi connectivity index (χ1n) is 16.3. The van der Waals surface area contributed by atoms with E-state index in [1.54, 1.807) is 6.07 Å². The fourth-order valence-electron chi connectivity index (χ4n) is 6.74. The predicted octanol–water partition coefficient (Wildman–Crippen LogP) is 5.65. The molecule has 3 N–H and O–H groups in total. The molecule has 9 heteroatoms. The summed E-state index contributed by atoms with van der Waals surface area (Å²) in [6.07, 6.45) is 3.97. The van der Waals surface area contributed by atoms with Crippen LogP contribution in [0.15, 0.2) is 77.6 Å². The van der Waals surface area contributed by atoms with Crippen molar-refractivity contribution in [1.29, 1.82) is 0 Å². The number of nitrogens with one attached hydrogen (secondary N) is 3. The lowest BCUT2D eigenvalue weighted by Crippen LogP contribution is -2.40. The summed E-state index contributed by atoms with van der Waals surface area (Å²) >= 11 is 0. The van der Waals surface area contributed by atoms with Gasteiger partial charge in [-0.2, -0.15) is 0 Å². The fourth-order valence-corrected chi connectivity index (χ4v) is 6.74. The second-order valence-corrected chi connectivity index (χ2v) is 12.5. The molecular formula is C37H41N5O4. The van der Waals surface area contributed by atoms with Gasteiger partial charge >= 0.3 is 0 Å². The van der Waals surface area contributed by atoms with Gasteiger partial charge in [0.2, 0.25) is 11.5 Å². The maximum atomic E-state index is 12.7. The summed E-state index contributed by atoms with van der Waals surface area (Å²) in [6, 6.07) is 24.9. The Labute approximate surface area is 269 Å². The largest absolute Gasteiger partial charge is 0.456 e. The Morgan fingerprint density at radius 2 is 1.70 bits per heavy atom. The third-order valence-corrected chi connectivity index (χ3v) is 9.19. The Bertz CT molecular complexity index is 1750. The number of likely N-dealkylation sites (tertiary alicyclic amines) is 1. The Hall–Kier alpha value is -4.60. The van der Waals surface area contributed by atoms with Crippen molar-refractivity contribution in [3.05, 3.63) is 99.8 Å². The molecule has 4 heterocycles. The second kappa shape index (κ2) is 13.4. The van der Waals surface area contributed by atoms with Gasteiger partial charge in [-0.25, -0.2) is 0 Å². The molecule has 0 atom stereocenters. The third kappa shape index (κ3) is 6.95. The third-order valence-electron chi connectivity index (χ3n) is 9.19. The number of morpholine rings is 1. The van der Waals surface area contributed by atoms with Gasteiger partial charge in [0.15, 0.2) is 0 Å². The average molecular weight is 620 g/mol. The average Bonchev–Trinajstić information content (AvgIpc) is 3.07. The number of piperidine rings is 1. The molecule has 0 bridgehead atoms. The van der Waals surface area contributed by atoms with Crippen LogP contribution < -0.4 is 25.8 Å². The monoisotopic (exact) mass is 619 g/mol. The molecule has 7 rings (SSSR count). The van der Waals surface area contributed by atoms with Crippen LogP contribution in [0.25, 0.3) is 11.3 Å². The number of H-pyrrole nitrogens is 1. The van der Waals surface area contributed by atoms with Gasteiger partial charge in [0.25, 0.3) is 0 Å². The highest BCUT2D eigenvalue weighted by Gasteiger charge is 2.24. The van der Waals surface area contributed by atoms with Crippen LogP contribution in [0.3, 0.4) is 0 Å². The van der Waals surface area contributed by atoms with Crippen LogP contribution in [0.5, 0.6) is 11.5 Å². The molecule has 3 aromatic carbocycles. The molecule has 238 valence electrons. The fraction of sp³-hybridized carbons (Fsp3) is 0.351. The minimum absolute atomic E-state index is 0.0475. The van der Waals surface area contributed by atoms with E-state index in [1.807, 2.05) is 30.3 Å². The van der Waals surface area contributed by atoms with E-state index in [9.17, 15) is 9.59 Å². The highest BCUT2D eigenvalue weighted by atomic mass is 16.5. The summed E-state index contributed by atoms with van der Waals surface area (Å²) in [5, 5.41) is 6.61. The molecule has 1 aromatic heterocycles. The van der Waals surface area contributed by atoms with Gasteiger partial charge in [-0.3, -0.25) is 9.59 Å². The number of anilines is 3. The Morgan fingerprint density at radius 3 is 2.48 bits per heavy atom. The minimum Gasteiger partial charge on any atom is -0.456 e. The molecule has 3 aliphatic rings. The zero-order valence-corrected chi connectivity index (χ0v) is 26.3. The topological polar surface area (TPSA) is 98.9 Å². The van der Waals surface area contributed by atoms with E-state index in [2.05, 4.69) is 61.8 Å². The summed E-state index contributed by atoms with van der Waals surface area (Å²) < 4.78 is 12.0. The Morgan fingerprint density at radius 1 is 0.913 bits per heavy atom. The molecule has 0 spiro atoms. The molecule has 0 saturated carbocycles. The Kier molecular flexibility index (Phi) is 8.76. The van der Waals surface area contributed by atoms with Gasteiger partial charge in [-0.1, -0.05) is 24.3 Å². The number of para-hydroxylation sites is 1. The lowest BCUT2D eigenvalue weighted by molar-refractivity contribution is -0.114. The van der Waals surface area contributed by atoms with Crippen molar-refractivity contribution in [2.45, 2.75) is 38.6 Å². The highest BCUT2D eigenvalue weighted by molar-refractivity contribution is 5.88. The Balaban J connectivity index is 0.963. The van der Waals surface area contributed by atoms with E-state index in [0.717, 1.165) is 109 Å². The van der Waals surface area contributed by atoms with Crippen molar-refractivity contribution < 1.29 is 14.3 Å². The van der Waals surface area contributed by atoms with E-state index in [1.165, 1.54) is 12.5 Å². The van der Waals surface area contributed by atoms with Crippen molar-refractivity contribution in [3.8, 4) is 22.8 Å². The number of aromatic amines is 1. The normalized spacial score (nSPS) is 16.7. The quantitative estimate of drug-likeness (QED) is 0.206. The summed E-state index contributed by atoms with van der Waals surface area (Å²) in [6.45, 7) is 7.58. The number of aromatic nitrogens is 1. The lowest BCUT2D eigenvalue weighted by atomic mass is 9.95. The molecule has 46 heavy (non-hydrogen) atoms. The molecule has 0 aliphatic carbocycles. The van der Waals surface area contributed by atoms with Crippen LogP contribution in [0.1, 0.15) is 36.5 Å². The summed E-state index contributed by atoms with van der Waals surface area (Å²) in [5.41, 5.74) is 7.97. The van der Waals surface area contributed by atoms with Gasteiger partial charge in [-0.05, 0) is 72.9 Å². The smallest absolute Gasteiger partial charge is 0.250 e. The number of rotatable bonds is 8. The summed E-state index contributed by atoms with van der Waals surface area (Å²) in [7, 11) is 0. The van der Waals surface area contributed by atoms with Crippen molar-refractivity contribution in [2.24, 2.45) is 0 Å². The molecule has 1 amide bonds. The summed E-state index contributed by atoms with van der Waals surface area (Å²) in [4.78, 5) is 31.7. The van der Waals surface area contributed by atoms with Crippen LogP contribution in [0.2, 0.25) is 0 Å². The number of fused-ring (bicyclic) bond motifs is 2. The van der Waals surface area contributed by atoms with Crippen LogP contribution in [0, 0.1) is 0 Å². The minimum atomic E-state index is -0.121. The van der Waals surface area contributed by atoms with Crippen molar-refractivity contribution >= 4 is 23.0 Å². The van der Waals surface area contributed by atoms with E-state index in [-0.39, 0.29) is 11.5 Å². The number of nitrogens with zero attached hydrogens (tertiary/aromatic N) is 2.